The number of rotatable bonds is 3. The summed E-state index contributed by atoms with van der Waals surface area (Å²) in [5.74, 6) is 0.357. The summed E-state index contributed by atoms with van der Waals surface area (Å²) in [7, 11) is 0. The van der Waals surface area contributed by atoms with Crippen molar-refractivity contribution in [1.29, 1.82) is 0 Å². The first-order valence-electron chi connectivity index (χ1n) is 5.12. The molecule has 1 fully saturated rings. The third-order valence-electron chi connectivity index (χ3n) is 2.91. The second-order valence-corrected chi connectivity index (χ2v) is 4.40. The third kappa shape index (κ3) is 1.95. The quantitative estimate of drug-likeness (QED) is 0.784. The zero-order chi connectivity index (χ0) is 11.0. The Labute approximate surface area is 87.9 Å². The molecule has 0 spiro atoms. The number of aromatic nitrogens is 2. The fourth-order valence-electron chi connectivity index (χ4n) is 2.18. The van der Waals surface area contributed by atoms with Gasteiger partial charge in [-0.25, -0.2) is 4.79 Å². The fraction of sp³-hybridized carbons (Fsp3) is 0.600. The highest BCUT2D eigenvalue weighted by Crippen LogP contribution is 2.34. The predicted molar refractivity (Wildman–Crippen MR) is 55.5 cm³/mol. The maximum atomic E-state index is 10.7. The van der Waals surface area contributed by atoms with E-state index >= 15 is 0 Å². The first-order chi connectivity index (χ1) is 7.06. The van der Waals surface area contributed by atoms with Crippen LogP contribution in [0.4, 0.5) is 5.69 Å². The van der Waals surface area contributed by atoms with E-state index in [9.17, 15) is 4.79 Å². The smallest absolute Gasteiger partial charge is 0.358 e. The molecule has 0 atom stereocenters. The Bertz CT molecular complexity index is 380. The topological polar surface area (TPSA) is 81.1 Å². The molecule has 3 N–H and O–H groups in total. The zero-order valence-corrected chi connectivity index (χ0v) is 8.68. The van der Waals surface area contributed by atoms with Gasteiger partial charge < -0.3 is 10.8 Å². The molecular formula is C10H15N3O2. The van der Waals surface area contributed by atoms with E-state index in [-0.39, 0.29) is 11.4 Å². The van der Waals surface area contributed by atoms with Crippen molar-refractivity contribution in [2.75, 3.05) is 5.73 Å². The Morgan fingerprint density at radius 3 is 2.87 bits per heavy atom. The highest BCUT2D eigenvalue weighted by molar-refractivity contribution is 5.91. The zero-order valence-electron chi connectivity index (χ0n) is 8.68. The Morgan fingerprint density at radius 2 is 2.40 bits per heavy atom. The SMILES string of the molecule is CC1CC(Cn2cc(N)c(C(=O)O)n2)C1. The van der Waals surface area contributed by atoms with Crippen LogP contribution in [-0.2, 0) is 6.54 Å². The van der Waals surface area contributed by atoms with E-state index in [4.69, 9.17) is 10.8 Å². The molecular weight excluding hydrogens is 194 g/mol. The number of carboxylic acids is 1. The van der Waals surface area contributed by atoms with Crippen molar-refractivity contribution in [3.63, 3.8) is 0 Å². The molecule has 1 aliphatic carbocycles. The number of carbonyl (C=O) groups is 1. The van der Waals surface area contributed by atoms with Crippen LogP contribution in [0.5, 0.6) is 0 Å². The molecule has 1 aromatic rings. The molecule has 1 aromatic heterocycles. The molecule has 0 aromatic carbocycles. The second-order valence-electron chi connectivity index (χ2n) is 4.40. The average molecular weight is 209 g/mol. The van der Waals surface area contributed by atoms with E-state index in [1.165, 1.54) is 12.8 Å². The molecule has 5 heteroatoms. The number of nitrogen functional groups attached to an aromatic ring is 1. The van der Waals surface area contributed by atoms with Crippen molar-refractivity contribution < 1.29 is 9.90 Å². The van der Waals surface area contributed by atoms with Crippen molar-refractivity contribution in [2.45, 2.75) is 26.3 Å². The van der Waals surface area contributed by atoms with E-state index < -0.39 is 5.97 Å². The van der Waals surface area contributed by atoms with Crippen LogP contribution in [0.3, 0.4) is 0 Å². The molecule has 1 heterocycles. The molecule has 2 rings (SSSR count). The monoisotopic (exact) mass is 209 g/mol. The van der Waals surface area contributed by atoms with Gasteiger partial charge in [0.15, 0.2) is 5.69 Å². The van der Waals surface area contributed by atoms with Crippen LogP contribution in [-0.4, -0.2) is 20.9 Å². The van der Waals surface area contributed by atoms with Gasteiger partial charge in [-0.2, -0.15) is 5.10 Å². The Morgan fingerprint density at radius 1 is 1.73 bits per heavy atom. The lowest BCUT2D eigenvalue weighted by atomic mass is 9.76. The van der Waals surface area contributed by atoms with Crippen molar-refractivity contribution in [2.24, 2.45) is 11.8 Å². The number of aromatic carboxylic acids is 1. The van der Waals surface area contributed by atoms with E-state index in [2.05, 4.69) is 12.0 Å². The first-order valence-corrected chi connectivity index (χ1v) is 5.12. The minimum absolute atomic E-state index is 0.0395. The summed E-state index contributed by atoms with van der Waals surface area (Å²) in [6.45, 7) is 3.00. The molecule has 0 unspecified atom stereocenters. The second kappa shape index (κ2) is 3.56. The number of nitrogens with zero attached hydrogens (tertiary/aromatic N) is 2. The lowest BCUT2D eigenvalue weighted by Gasteiger charge is -2.32. The molecule has 15 heavy (non-hydrogen) atoms. The standard InChI is InChI=1S/C10H15N3O2/c1-6-2-7(3-6)4-13-5-8(11)9(12-13)10(14)15/h5-7H,2-4,11H2,1H3,(H,14,15). The molecule has 82 valence electrons. The minimum Gasteiger partial charge on any atom is -0.476 e. The fourth-order valence-corrected chi connectivity index (χ4v) is 2.18. The lowest BCUT2D eigenvalue weighted by Crippen LogP contribution is -2.25. The predicted octanol–water partition coefficient (Wildman–Crippen LogP) is 1.21. The van der Waals surface area contributed by atoms with Gasteiger partial charge in [0, 0.05) is 12.7 Å². The molecule has 0 saturated heterocycles. The van der Waals surface area contributed by atoms with Gasteiger partial charge in [0.25, 0.3) is 0 Å². The van der Waals surface area contributed by atoms with Gasteiger partial charge in [-0.3, -0.25) is 4.68 Å². The van der Waals surface area contributed by atoms with Crippen molar-refractivity contribution in [3.8, 4) is 0 Å². The molecule has 0 bridgehead atoms. The Hall–Kier alpha value is -1.52. The maximum absolute atomic E-state index is 10.7. The van der Waals surface area contributed by atoms with Crippen LogP contribution in [0.2, 0.25) is 0 Å². The lowest BCUT2D eigenvalue weighted by molar-refractivity contribution is 0.0689. The number of anilines is 1. The molecule has 5 nitrogen and oxygen atoms in total. The summed E-state index contributed by atoms with van der Waals surface area (Å²) in [6.07, 6.45) is 4.00. The number of nitrogens with two attached hydrogens (primary N) is 1. The largest absolute Gasteiger partial charge is 0.476 e. The summed E-state index contributed by atoms with van der Waals surface area (Å²) in [4.78, 5) is 10.7. The number of carboxylic acid groups (broad SMARTS) is 1. The van der Waals surface area contributed by atoms with Crippen LogP contribution >= 0.6 is 0 Å². The summed E-state index contributed by atoms with van der Waals surface area (Å²) >= 11 is 0. The van der Waals surface area contributed by atoms with E-state index in [1.54, 1.807) is 10.9 Å². The van der Waals surface area contributed by atoms with Gasteiger partial charge in [-0.1, -0.05) is 6.92 Å². The van der Waals surface area contributed by atoms with E-state index in [1.807, 2.05) is 0 Å². The number of hydrogen-bond acceptors (Lipinski definition) is 3. The number of hydrogen-bond donors (Lipinski definition) is 2. The van der Waals surface area contributed by atoms with Gasteiger partial charge in [0.1, 0.15) is 0 Å². The van der Waals surface area contributed by atoms with Crippen LogP contribution in [0.15, 0.2) is 6.20 Å². The molecule has 0 amide bonds. The highest BCUT2D eigenvalue weighted by Gasteiger charge is 2.26. The molecule has 0 radical (unpaired) electrons. The minimum atomic E-state index is -1.06. The highest BCUT2D eigenvalue weighted by atomic mass is 16.4. The van der Waals surface area contributed by atoms with Gasteiger partial charge in [0.2, 0.25) is 0 Å². The maximum Gasteiger partial charge on any atom is 0.358 e. The normalized spacial score (nSPS) is 24.9. The van der Waals surface area contributed by atoms with Crippen LogP contribution in [0, 0.1) is 11.8 Å². The molecule has 1 saturated carbocycles. The Balaban J connectivity index is 2.03. The van der Waals surface area contributed by atoms with E-state index in [0.717, 1.165) is 12.5 Å². The van der Waals surface area contributed by atoms with Gasteiger partial charge in [-0.15, -0.1) is 0 Å². The molecule has 0 aliphatic heterocycles. The summed E-state index contributed by atoms with van der Waals surface area (Å²) in [6, 6.07) is 0. The average Bonchev–Trinajstić information content (AvgIpc) is 2.44. The summed E-state index contributed by atoms with van der Waals surface area (Å²) in [5.41, 5.74) is 5.75. The third-order valence-corrected chi connectivity index (χ3v) is 2.91. The van der Waals surface area contributed by atoms with Gasteiger partial charge in [0.05, 0.1) is 5.69 Å². The summed E-state index contributed by atoms with van der Waals surface area (Å²) in [5, 5.41) is 12.7. The van der Waals surface area contributed by atoms with Crippen LogP contribution in [0.1, 0.15) is 30.3 Å². The van der Waals surface area contributed by atoms with Gasteiger partial charge in [-0.05, 0) is 24.7 Å². The van der Waals surface area contributed by atoms with Crippen LogP contribution < -0.4 is 5.73 Å². The summed E-state index contributed by atoms with van der Waals surface area (Å²) < 4.78 is 1.65. The van der Waals surface area contributed by atoms with Crippen molar-refractivity contribution >= 4 is 11.7 Å². The Kier molecular flexibility index (Phi) is 2.38. The van der Waals surface area contributed by atoms with Crippen LogP contribution in [0.25, 0.3) is 0 Å². The van der Waals surface area contributed by atoms with Gasteiger partial charge >= 0.3 is 5.97 Å². The van der Waals surface area contributed by atoms with Crippen molar-refractivity contribution in [3.05, 3.63) is 11.9 Å². The first kappa shape index (κ1) is 10.0. The van der Waals surface area contributed by atoms with E-state index in [0.29, 0.717) is 5.92 Å². The van der Waals surface area contributed by atoms with Crippen molar-refractivity contribution in [1.82, 2.24) is 9.78 Å². The molecule has 1 aliphatic rings.